The van der Waals surface area contributed by atoms with Crippen LogP contribution in [0.15, 0.2) is 48.5 Å². The van der Waals surface area contributed by atoms with Crippen LogP contribution in [-0.4, -0.2) is 5.97 Å². The van der Waals surface area contributed by atoms with Crippen molar-refractivity contribution in [2.75, 3.05) is 5.73 Å². The Morgan fingerprint density at radius 1 is 1.09 bits per heavy atom. The van der Waals surface area contributed by atoms with Gasteiger partial charge in [-0.25, -0.2) is 0 Å². The summed E-state index contributed by atoms with van der Waals surface area (Å²) in [7, 11) is 0. The molecule has 22 heavy (non-hydrogen) atoms. The number of nitrogens with two attached hydrogens (primary N) is 1. The molecule has 1 atom stereocenters. The van der Waals surface area contributed by atoms with Crippen molar-refractivity contribution < 1.29 is 9.53 Å². The van der Waals surface area contributed by atoms with E-state index in [1.54, 1.807) is 24.3 Å². The summed E-state index contributed by atoms with van der Waals surface area (Å²) in [4.78, 5) is 12.2. The van der Waals surface area contributed by atoms with Gasteiger partial charge in [0.05, 0.1) is 5.92 Å². The van der Waals surface area contributed by atoms with Crippen molar-refractivity contribution in [1.82, 2.24) is 0 Å². The van der Waals surface area contributed by atoms with Crippen LogP contribution in [0, 0.1) is 5.92 Å². The lowest BCUT2D eigenvalue weighted by molar-refractivity contribution is -0.135. The molecule has 0 saturated heterocycles. The Hall–Kier alpha value is -2.29. The normalized spacial score (nSPS) is 12.2. The maximum absolute atomic E-state index is 12.2. The highest BCUT2D eigenvalue weighted by atomic mass is 16.5. The van der Waals surface area contributed by atoms with Crippen LogP contribution in [-0.2, 0) is 11.2 Å². The molecule has 3 heteroatoms. The van der Waals surface area contributed by atoms with Gasteiger partial charge in [-0.05, 0) is 42.5 Å². The van der Waals surface area contributed by atoms with Crippen LogP contribution < -0.4 is 10.5 Å². The van der Waals surface area contributed by atoms with Crippen LogP contribution in [0.1, 0.15) is 37.8 Å². The maximum Gasteiger partial charge on any atom is 0.318 e. The molecule has 0 aromatic heterocycles. The third-order valence-electron chi connectivity index (χ3n) is 3.55. The third-order valence-corrected chi connectivity index (χ3v) is 3.55. The first-order chi connectivity index (χ1) is 10.5. The smallest absolute Gasteiger partial charge is 0.318 e. The van der Waals surface area contributed by atoms with E-state index in [1.165, 1.54) is 5.56 Å². The van der Waals surface area contributed by atoms with Crippen molar-refractivity contribution in [1.29, 1.82) is 0 Å². The molecule has 2 N–H and O–H groups in total. The van der Waals surface area contributed by atoms with Crippen LogP contribution in [0.5, 0.6) is 5.75 Å². The van der Waals surface area contributed by atoms with E-state index < -0.39 is 0 Å². The van der Waals surface area contributed by atoms with Gasteiger partial charge < -0.3 is 10.5 Å². The lowest BCUT2D eigenvalue weighted by Crippen LogP contribution is -2.16. The highest BCUT2D eigenvalue weighted by Crippen LogP contribution is 2.21. The number of rotatable bonds is 5. The SMILES string of the molecule is CC(C)Cc1ccc(C(C)C(=O)Oc2cccc(N)c2)cc1. The molecule has 0 aliphatic rings. The molecule has 1 unspecified atom stereocenters. The van der Waals surface area contributed by atoms with Gasteiger partial charge in [0.1, 0.15) is 5.75 Å². The summed E-state index contributed by atoms with van der Waals surface area (Å²) < 4.78 is 5.39. The first kappa shape index (κ1) is 16.1. The van der Waals surface area contributed by atoms with Gasteiger partial charge in [0.2, 0.25) is 0 Å². The fourth-order valence-electron chi connectivity index (χ4n) is 2.33. The van der Waals surface area contributed by atoms with Crippen molar-refractivity contribution in [2.45, 2.75) is 33.1 Å². The summed E-state index contributed by atoms with van der Waals surface area (Å²) >= 11 is 0. The Morgan fingerprint density at radius 3 is 2.36 bits per heavy atom. The van der Waals surface area contributed by atoms with Gasteiger partial charge in [0.15, 0.2) is 0 Å². The van der Waals surface area contributed by atoms with E-state index in [-0.39, 0.29) is 11.9 Å². The van der Waals surface area contributed by atoms with E-state index in [1.807, 2.05) is 19.1 Å². The second-order valence-corrected chi connectivity index (χ2v) is 6.05. The first-order valence-corrected chi connectivity index (χ1v) is 7.61. The molecule has 116 valence electrons. The van der Waals surface area contributed by atoms with Gasteiger partial charge in [-0.3, -0.25) is 4.79 Å². The lowest BCUT2D eigenvalue weighted by Gasteiger charge is -2.13. The molecule has 3 nitrogen and oxygen atoms in total. The molecule has 0 radical (unpaired) electrons. The Labute approximate surface area is 132 Å². The van der Waals surface area contributed by atoms with E-state index in [4.69, 9.17) is 10.5 Å². The Balaban J connectivity index is 2.03. The Bertz CT molecular complexity index is 632. The standard InChI is InChI=1S/C19H23NO2/c1-13(2)11-15-7-9-16(10-8-15)14(3)19(21)22-18-6-4-5-17(20)12-18/h4-10,12-14H,11,20H2,1-3H3. The van der Waals surface area contributed by atoms with Crippen LogP contribution in [0.4, 0.5) is 5.69 Å². The average molecular weight is 297 g/mol. The molecule has 0 fully saturated rings. The number of hydrogen-bond acceptors (Lipinski definition) is 3. The molecule has 0 amide bonds. The number of esters is 1. The molecular weight excluding hydrogens is 274 g/mol. The van der Waals surface area contributed by atoms with Gasteiger partial charge in [-0.15, -0.1) is 0 Å². The summed E-state index contributed by atoms with van der Waals surface area (Å²) in [5.74, 6) is 0.516. The van der Waals surface area contributed by atoms with Crippen molar-refractivity contribution in [3.63, 3.8) is 0 Å². The van der Waals surface area contributed by atoms with Gasteiger partial charge in [0, 0.05) is 11.8 Å². The van der Waals surface area contributed by atoms with E-state index >= 15 is 0 Å². The number of carbonyl (C=O) groups is 1. The van der Waals surface area contributed by atoms with E-state index in [9.17, 15) is 4.79 Å². The molecule has 0 saturated carbocycles. The third kappa shape index (κ3) is 4.35. The number of benzene rings is 2. The number of anilines is 1. The van der Waals surface area contributed by atoms with E-state index in [0.717, 1.165) is 12.0 Å². The average Bonchev–Trinajstić information content (AvgIpc) is 2.46. The fourth-order valence-corrected chi connectivity index (χ4v) is 2.33. The summed E-state index contributed by atoms with van der Waals surface area (Å²) in [5, 5.41) is 0. The van der Waals surface area contributed by atoms with Crippen LogP contribution in [0.3, 0.4) is 0 Å². The van der Waals surface area contributed by atoms with Gasteiger partial charge >= 0.3 is 5.97 Å². The monoisotopic (exact) mass is 297 g/mol. The number of nitrogen functional groups attached to an aromatic ring is 1. The Kier molecular flexibility index (Phi) is 5.21. The van der Waals surface area contributed by atoms with Gasteiger partial charge in [-0.1, -0.05) is 44.2 Å². The first-order valence-electron chi connectivity index (χ1n) is 7.61. The van der Waals surface area contributed by atoms with Crippen LogP contribution in [0.2, 0.25) is 0 Å². The largest absolute Gasteiger partial charge is 0.426 e. The van der Waals surface area contributed by atoms with E-state index in [2.05, 4.69) is 26.0 Å². The molecule has 2 aromatic carbocycles. The summed E-state index contributed by atoms with van der Waals surface area (Å²) in [6.45, 7) is 6.24. The predicted octanol–water partition coefficient (Wildman–Crippen LogP) is 4.18. The molecule has 0 bridgehead atoms. The molecule has 0 spiro atoms. The number of hydrogen-bond donors (Lipinski definition) is 1. The Morgan fingerprint density at radius 2 is 1.77 bits per heavy atom. The zero-order valence-corrected chi connectivity index (χ0v) is 13.4. The molecule has 0 aliphatic heterocycles. The quantitative estimate of drug-likeness (QED) is 0.512. The van der Waals surface area contributed by atoms with Crippen molar-refractivity contribution in [3.05, 3.63) is 59.7 Å². The second kappa shape index (κ2) is 7.12. The van der Waals surface area contributed by atoms with Gasteiger partial charge in [-0.2, -0.15) is 0 Å². The molecule has 0 heterocycles. The minimum Gasteiger partial charge on any atom is -0.426 e. The highest BCUT2D eigenvalue weighted by molar-refractivity contribution is 5.80. The van der Waals surface area contributed by atoms with Crippen molar-refractivity contribution in [2.24, 2.45) is 5.92 Å². The zero-order chi connectivity index (χ0) is 16.1. The van der Waals surface area contributed by atoms with Gasteiger partial charge in [0.25, 0.3) is 0 Å². The molecule has 2 aromatic rings. The highest BCUT2D eigenvalue weighted by Gasteiger charge is 2.17. The number of carbonyl (C=O) groups excluding carboxylic acids is 1. The van der Waals surface area contributed by atoms with Crippen molar-refractivity contribution in [3.8, 4) is 5.75 Å². The van der Waals surface area contributed by atoms with Crippen molar-refractivity contribution >= 4 is 11.7 Å². The maximum atomic E-state index is 12.2. The predicted molar refractivity (Wildman–Crippen MR) is 89.9 cm³/mol. The fraction of sp³-hybridized carbons (Fsp3) is 0.316. The summed E-state index contributed by atoms with van der Waals surface area (Å²) in [6, 6.07) is 15.1. The van der Waals surface area contributed by atoms with E-state index in [0.29, 0.717) is 17.4 Å². The molecule has 2 rings (SSSR count). The molecule has 0 aliphatic carbocycles. The lowest BCUT2D eigenvalue weighted by atomic mass is 9.97. The minimum absolute atomic E-state index is 0.276. The second-order valence-electron chi connectivity index (χ2n) is 6.05. The topological polar surface area (TPSA) is 52.3 Å². The summed E-state index contributed by atoms with van der Waals surface area (Å²) in [6.07, 6.45) is 1.04. The number of ether oxygens (including phenoxy) is 1. The zero-order valence-electron chi connectivity index (χ0n) is 13.4. The minimum atomic E-state index is -0.311. The molecular formula is C19H23NO2. The summed E-state index contributed by atoms with van der Waals surface area (Å²) in [5.41, 5.74) is 8.51. The van der Waals surface area contributed by atoms with Crippen LogP contribution in [0.25, 0.3) is 0 Å². The van der Waals surface area contributed by atoms with Crippen LogP contribution >= 0.6 is 0 Å².